The van der Waals surface area contributed by atoms with E-state index in [1.807, 2.05) is 0 Å². The third-order valence-corrected chi connectivity index (χ3v) is 4.15. The Balaban J connectivity index is 3.07. The zero-order valence-electron chi connectivity index (χ0n) is 9.93. The molecular weight excluding hydrogens is 191 g/mol. The molecule has 0 fully saturated rings. The minimum Gasteiger partial charge on any atom is -0.287 e. The molecule has 0 heterocycles. The minimum atomic E-state index is -0.861. The predicted molar refractivity (Wildman–Crippen MR) is 65.6 cm³/mol. The van der Waals surface area contributed by atoms with Gasteiger partial charge < -0.3 is 0 Å². The van der Waals surface area contributed by atoms with Gasteiger partial charge in [0, 0.05) is 12.3 Å². The van der Waals surface area contributed by atoms with Crippen LogP contribution in [0.2, 0.25) is 0 Å². The zero-order chi connectivity index (χ0) is 10.6. The average Bonchev–Trinajstić information content (AvgIpc) is 2.20. The van der Waals surface area contributed by atoms with Crippen molar-refractivity contribution in [1.29, 1.82) is 0 Å². The van der Waals surface area contributed by atoms with Crippen molar-refractivity contribution in [2.75, 3.05) is 12.3 Å². The molecule has 0 saturated heterocycles. The van der Waals surface area contributed by atoms with Gasteiger partial charge in [-0.3, -0.25) is 4.57 Å². The number of hydrogen-bond acceptors (Lipinski definition) is 1. The Morgan fingerprint density at radius 1 is 0.714 bits per heavy atom. The Morgan fingerprint density at radius 3 is 1.86 bits per heavy atom. The van der Waals surface area contributed by atoms with Crippen molar-refractivity contribution in [3.63, 3.8) is 0 Å². The van der Waals surface area contributed by atoms with Crippen molar-refractivity contribution in [3.05, 3.63) is 0 Å². The lowest BCUT2D eigenvalue weighted by atomic mass is 10.1. The first-order valence-electron chi connectivity index (χ1n) is 6.23. The highest BCUT2D eigenvalue weighted by molar-refractivity contribution is 7.44. The van der Waals surface area contributed by atoms with Crippen molar-refractivity contribution in [3.8, 4) is 0 Å². The molecule has 0 aromatic rings. The van der Waals surface area contributed by atoms with E-state index in [2.05, 4.69) is 13.8 Å². The summed E-state index contributed by atoms with van der Waals surface area (Å²) in [6.45, 7) is 4.40. The van der Waals surface area contributed by atoms with Crippen molar-refractivity contribution >= 4 is 7.80 Å². The molecular formula is C12H26OP. The largest absolute Gasteiger partial charge is 0.287 e. The first-order valence-corrected chi connectivity index (χ1v) is 7.86. The van der Waals surface area contributed by atoms with Crippen LogP contribution in [0.15, 0.2) is 0 Å². The molecule has 1 atom stereocenters. The van der Waals surface area contributed by atoms with Gasteiger partial charge in [0.05, 0.1) is 7.80 Å². The molecule has 85 valence electrons. The van der Waals surface area contributed by atoms with Gasteiger partial charge in [0.1, 0.15) is 0 Å². The summed E-state index contributed by atoms with van der Waals surface area (Å²) in [5.74, 6) is 0. The van der Waals surface area contributed by atoms with Gasteiger partial charge in [-0.15, -0.1) is 0 Å². The minimum absolute atomic E-state index is 0.861. The van der Waals surface area contributed by atoms with Crippen LogP contribution in [0, 0.1) is 0 Å². The molecule has 0 aliphatic rings. The summed E-state index contributed by atoms with van der Waals surface area (Å²) in [5.41, 5.74) is 0. The summed E-state index contributed by atoms with van der Waals surface area (Å²) < 4.78 is 11.4. The van der Waals surface area contributed by atoms with Crippen molar-refractivity contribution in [1.82, 2.24) is 0 Å². The Morgan fingerprint density at radius 2 is 1.21 bits per heavy atom. The van der Waals surface area contributed by atoms with Gasteiger partial charge in [0.25, 0.3) is 0 Å². The topological polar surface area (TPSA) is 17.1 Å². The molecule has 2 heteroatoms. The van der Waals surface area contributed by atoms with Crippen molar-refractivity contribution in [2.45, 2.75) is 65.2 Å². The summed E-state index contributed by atoms with van der Waals surface area (Å²) in [4.78, 5) is 0. The highest BCUT2D eigenvalue weighted by atomic mass is 31.1. The van der Waals surface area contributed by atoms with Crippen LogP contribution in [0.3, 0.4) is 0 Å². The molecule has 0 aromatic carbocycles. The smallest absolute Gasteiger partial charge is 0.0718 e. The Kier molecular flexibility index (Phi) is 11.3. The lowest BCUT2D eigenvalue weighted by Gasteiger charge is -2.01. The molecule has 1 unspecified atom stereocenters. The quantitative estimate of drug-likeness (QED) is 0.373. The Hall–Kier alpha value is 0.100. The van der Waals surface area contributed by atoms with E-state index in [1.165, 1.54) is 44.9 Å². The van der Waals surface area contributed by atoms with Crippen LogP contribution in [-0.2, 0) is 4.57 Å². The Labute approximate surface area is 90.5 Å². The summed E-state index contributed by atoms with van der Waals surface area (Å²) in [5, 5.41) is 0. The lowest BCUT2D eigenvalue weighted by Crippen LogP contribution is -1.85. The number of hydrogen-bond donors (Lipinski definition) is 0. The first kappa shape index (κ1) is 14.1. The SMILES string of the molecule is CCCCCCCC[P](=O)CCCC. The van der Waals surface area contributed by atoms with Gasteiger partial charge in [0.15, 0.2) is 0 Å². The fourth-order valence-corrected chi connectivity index (χ4v) is 2.98. The van der Waals surface area contributed by atoms with Gasteiger partial charge in [0.2, 0.25) is 0 Å². The maximum absolute atomic E-state index is 11.4. The van der Waals surface area contributed by atoms with E-state index in [0.29, 0.717) is 0 Å². The molecule has 1 radical (unpaired) electrons. The molecule has 0 aromatic heterocycles. The van der Waals surface area contributed by atoms with Gasteiger partial charge in [-0.1, -0.05) is 52.4 Å². The van der Waals surface area contributed by atoms with E-state index in [1.54, 1.807) is 0 Å². The fourth-order valence-electron chi connectivity index (χ4n) is 1.51. The molecule has 0 spiro atoms. The molecule has 1 nitrogen and oxygen atoms in total. The summed E-state index contributed by atoms with van der Waals surface area (Å²) >= 11 is 0. The number of rotatable bonds is 10. The molecule has 0 bridgehead atoms. The maximum Gasteiger partial charge on any atom is 0.0718 e. The van der Waals surface area contributed by atoms with E-state index in [9.17, 15) is 4.57 Å². The fraction of sp³-hybridized carbons (Fsp3) is 1.00. The Bertz CT molecular complexity index is 134. The van der Waals surface area contributed by atoms with Crippen LogP contribution in [0.1, 0.15) is 65.2 Å². The monoisotopic (exact) mass is 217 g/mol. The second-order valence-electron chi connectivity index (χ2n) is 4.05. The maximum atomic E-state index is 11.4. The summed E-state index contributed by atoms with van der Waals surface area (Å²) in [7, 11) is -0.861. The van der Waals surface area contributed by atoms with Gasteiger partial charge in [-0.05, 0) is 12.8 Å². The second kappa shape index (κ2) is 11.2. The highest BCUT2D eigenvalue weighted by Gasteiger charge is 1.99. The second-order valence-corrected chi connectivity index (χ2v) is 5.91. The van der Waals surface area contributed by atoms with E-state index in [4.69, 9.17) is 0 Å². The van der Waals surface area contributed by atoms with E-state index < -0.39 is 7.80 Å². The van der Waals surface area contributed by atoms with Gasteiger partial charge >= 0.3 is 0 Å². The molecule has 0 aliphatic carbocycles. The van der Waals surface area contributed by atoms with Crippen LogP contribution in [-0.4, -0.2) is 12.3 Å². The van der Waals surface area contributed by atoms with Crippen LogP contribution >= 0.6 is 7.80 Å². The van der Waals surface area contributed by atoms with Crippen LogP contribution < -0.4 is 0 Å². The lowest BCUT2D eigenvalue weighted by molar-refractivity contribution is 0.579. The normalized spacial score (nSPS) is 11.7. The van der Waals surface area contributed by atoms with E-state index in [0.717, 1.165) is 18.7 Å². The third kappa shape index (κ3) is 10.2. The molecule has 0 saturated carbocycles. The molecule has 14 heavy (non-hydrogen) atoms. The van der Waals surface area contributed by atoms with Crippen LogP contribution in [0.5, 0.6) is 0 Å². The number of unbranched alkanes of at least 4 members (excludes halogenated alkanes) is 6. The average molecular weight is 217 g/mol. The van der Waals surface area contributed by atoms with E-state index in [-0.39, 0.29) is 0 Å². The highest BCUT2D eigenvalue weighted by Crippen LogP contribution is 2.24. The molecule has 0 rings (SSSR count). The van der Waals surface area contributed by atoms with Crippen molar-refractivity contribution < 1.29 is 4.57 Å². The van der Waals surface area contributed by atoms with Crippen LogP contribution in [0.25, 0.3) is 0 Å². The third-order valence-electron chi connectivity index (χ3n) is 2.52. The van der Waals surface area contributed by atoms with Crippen molar-refractivity contribution in [2.24, 2.45) is 0 Å². The first-order chi connectivity index (χ1) is 6.81. The predicted octanol–water partition coefficient (Wildman–Crippen LogP) is 4.97. The molecule has 0 N–H and O–H groups in total. The van der Waals surface area contributed by atoms with Gasteiger partial charge in [-0.25, -0.2) is 0 Å². The summed E-state index contributed by atoms with van der Waals surface area (Å²) in [6.07, 6.45) is 12.1. The zero-order valence-corrected chi connectivity index (χ0v) is 10.8. The summed E-state index contributed by atoms with van der Waals surface area (Å²) in [6, 6.07) is 0. The molecule has 0 aliphatic heterocycles. The van der Waals surface area contributed by atoms with E-state index >= 15 is 0 Å². The van der Waals surface area contributed by atoms with Gasteiger partial charge in [-0.2, -0.15) is 0 Å². The molecule has 0 amide bonds. The standard InChI is InChI=1S/C12H26OP/c1-3-5-7-8-9-10-12-14(13)11-6-4-2/h3-12H2,1-2H3. The van der Waals surface area contributed by atoms with Crippen LogP contribution in [0.4, 0.5) is 0 Å².